The number of carbonyl (C=O) groups excluding carboxylic acids is 2. The molecular weight excluding hydrogens is 1090 g/mol. The summed E-state index contributed by atoms with van der Waals surface area (Å²) in [4.78, 5) is 28.0. The standard InChI is InChI=1S/2C40H81NO2.Ca/c2*1-4-7-9-11-13-15-17-19-21-23-25-27-29-31-33-35-37-41(39(6-3)40(42)43)38-36-34-32-30-28-26-24-22-20-18-16-14-12-10-8-5-2;/h2*39H,4-38H2,1-3H3,(H,42,43);/q;;+2/p-2. The summed E-state index contributed by atoms with van der Waals surface area (Å²) in [5.74, 6) is -1.76. The summed E-state index contributed by atoms with van der Waals surface area (Å²) in [6.45, 7) is 16.8. The van der Waals surface area contributed by atoms with Gasteiger partial charge in [0.15, 0.2) is 0 Å². The fourth-order valence-corrected chi connectivity index (χ4v) is 13.4. The molecule has 2 unspecified atom stereocenters. The second kappa shape index (κ2) is 80.4. The molecule has 0 heterocycles. The summed E-state index contributed by atoms with van der Waals surface area (Å²) in [5.41, 5.74) is 0. The van der Waals surface area contributed by atoms with Gasteiger partial charge in [0.05, 0.1) is 11.9 Å². The Morgan fingerprint density at radius 2 is 0.310 bits per heavy atom. The van der Waals surface area contributed by atoms with E-state index in [0.717, 1.165) is 51.9 Å². The molecule has 6 nitrogen and oxygen atoms in total. The third-order valence-corrected chi connectivity index (χ3v) is 19.4. The molecule has 87 heavy (non-hydrogen) atoms. The summed E-state index contributed by atoms with van der Waals surface area (Å²) in [5, 5.41) is 23.5. The molecule has 7 heteroatoms. The Hall–Kier alpha value is 0.120. The van der Waals surface area contributed by atoms with E-state index in [2.05, 4.69) is 37.5 Å². The van der Waals surface area contributed by atoms with E-state index in [1.54, 1.807) is 0 Å². The summed E-state index contributed by atoms with van der Waals surface area (Å²) in [7, 11) is 0. The summed E-state index contributed by atoms with van der Waals surface area (Å²) in [6.07, 6.45) is 89.2. The van der Waals surface area contributed by atoms with Crippen molar-refractivity contribution in [2.45, 2.75) is 477 Å². The van der Waals surface area contributed by atoms with Gasteiger partial charge in [-0.2, -0.15) is 0 Å². The monoisotopic (exact) mass is 1250 g/mol. The van der Waals surface area contributed by atoms with E-state index in [0.29, 0.717) is 12.8 Å². The Kier molecular flexibility index (Phi) is 84.3. The van der Waals surface area contributed by atoms with Gasteiger partial charge in [-0.25, -0.2) is 0 Å². The molecule has 2 atom stereocenters. The van der Waals surface area contributed by atoms with Crippen LogP contribution in [0, 0.1) is 0 Å². The van der Waals surface area contributed by atoms with Gasteiger partial charge in [-0.05, 0) is 64.7 Å². The second-order valence-corrected chi connectivity index (χ2v) is 27.8. The van der Waals surface area contributed by atoms with E-state index in [4.69, 9.17) is 0 Å². The van der Waals surface area contributed by atoms with Crippen molar-refractivity contribution in [2.75, 3.05) is 26.2 Å². The minimum absolute atomic E-state index is 0. The first kappa shape index (κ1) is 91.3. The van der Waals surface area contributed by atoms with E-state index >= 15 is 0 Å². The number of unbranched alkanes of at least 4 members (excludes halogenated alkanes) is 60. The molecule has 0 aromatic heterocycles. The van der Waals surface area contributed by atoms with Crippen molar-refractivity contribution in [3.05, 3.63) is 0 Å². The van der Waals surface area contributed by atoms with Crippen LogP contribution in [-0.2, 0) is 9.59 Å². The second-order valence-electron chi connectivity index (χ2n) is 27.8. The number of carboxylic acids is 2. The Morgan fingerprint density at radius 3 is 0.402 bits per heavy atom. The van der Waals surface area contributed by atoms with Crippen molar-refractivity contribution in [3.8, 4) is 0 Å². The fraction of sp³-hybridized carbons (Fsp3) is 0.975. The number of carbonyl (C=O) groups is 2. The molecule has 0 amide bonds. The van der Waals surface area contributed by atoms with Gasteiger partial charge in [0, 0.05) is 12.1 Å². The zero-order chi connectivity index (χ0) is 63.0. The molecule has 0 aliphatic rings. The molecule has 0 rings (SSSR count). The van der Waals surface area contributed by atoms with Crippen LogP contribution in [0.4, 0.5) is 0 Å². The van der Waals surface area contributed by atoms with Crippen molar-refractivity contribution in [1.82, 2.24) is 9.80 Å². The Labute approximate surface area is 578 Å². The molecule has 0 bridgehead atoms. The third-order valence-electron chi connectivity index (χ3n) is 19.4. The Balaban J connectivity index is -0.00000160. The molecule has 516 valence electrons. The topological polar surface area (TPSA) is 86.7 Å². The van der Waals surface area contributed by atoms with Crippen LogP contribution in [0.1, 0.15) is 465 Å². The number of carboxylic acid groups (broad SMARTS) is 2. The molecule has 0 aliphatic heterocycles. The number of hydrogen-bond acceptors (Lipinski definition) is 6. The zero-order valence-electron chi connectivity index (χ0n) is 60.9. The first-order chi connectivity index (χ1) is 42.3. The zero-order valence-corrected chi connectivity index (χ0v) is 63.1. The van der Waals surface area contributed by atoms with Crippen LogP contribution in [0.15, 0.2) is 0 Å². The average molecular weight is 1250 g/mol. The van der Waals surface area contributed by atoms with E-state index in [1.165, 1.54) is 385 Å². The molecule has 0 spiro atoms. The van der Waals surface area contributed by atoms with Crippen molar-refractivity contribution >= 4 is 49.7 Å². The maximum Gasteiger partial charge on any atom is 2.00 e. The largest absolute Gasteiger partial charge is 2.00 e. The van der Waals surface area contributed by atoms with Crippen molar-refractivity contribution in [2.24, 2.45) is 0 Å². The van der Waals surface area contributed by atoms with Crippen molar-refractivity contribution < 1.29 is 19.8 Å². The molecular formula is C80H160CaN2O4. The van der Waals surface area contributed by atoms with Crippen LogP contribution in [0.3, 0.4) is 0 Å². The van der Waals surface area contributed by atoms with Crippen LogP contribution >= 0.6 is 0 Å². The fourth-order valence-electron chi connectivity index (χ4n) is 13.4. The van der Waals surface area contributed by atoms with Gasteiger partial charge in [0.2, 0.25) is 0 Å². The Bertz CT molecular complexity index is 1100. The van der Waals surface area contributed by atoms with Gasteiger partial charge in [-0.15, -0.1) is 0 Å². The van der Waals surface area contributed by atoms with Gasteiger partial charge in [0.25, 0.3) is 0 Å². The van der Waals surface area contributed by atoms with Crippen LogP contribution in [0.2, 0.25) is 0 Å². The minimum atomic E-state index is -0.879. The van der Waals surface area contributed by atoms with Crippen LogP contribution in [0.5, 0.6) is 0 Å². The molecule has 0 radical (unpaired) electrons. The summed E-state index contributed by atoms with van der Waals surface area (Å²) >= 11 is 0. The number of hydrogen-bond donors (Lipinski definition) is 0. The molecule has 0 saturated carbocycles. The van der Waals surface area contributed by atoms with Crippen molar-refractivity contribution in [3.63, 3.8) is 0 Å². The van der Waals surface area contributed by atoms with E-state index in [1.807, 2.05) is 13.8 Å². The van der Waals surface area contributed by atoms with Gasteiger partial charge in [0.1, 0.15) is 0 Å². The minimum Gasteiger partial charge on any atom is -0.548 e. The molecule has 0 fully saturated rings. The molecule has 0 aromatic carbocycles. The van der Waals surface area contributed by atoms with Crippen LogP contribution in [0.25, 0.3) is 0 Å². The van der Waals surface area contributed by atoms with Gasteiger partial charge in [-0.3, -0.25) is 9.80 Å². The van der Waals surface area contributed by atoms with Crippen LogP contribution in [-0.4, -0.2) is 97.7 Å². The van der Waals surface area contributed by atoms with Gasteiger partial charge >= 0.3 is 37.7 Å². The summed E-state index contributed by atoms with van der Waals surface area (Å²) in [6, 6.07) is -0.819. The van der Waals surface area contributed by atoms with E-state index in [9.17, 15) is 19.8 Å². The molecule has 0 saturated heterocycles. The van der Waals surface area contributed by atoms with E-state index < -0.39 is 24.0 Å². The predicted octanol–water partition coefficient (Wildman–Crippen LogP) is 24.3. The molecule has 0 aliphatic carbocycles. The maximum absolute atomic E-state index is 11.8. The number of nitrogens with zero attached hydrogens (tertiary/aromatic N) is 2. The summed E-state index contributed by atoms with van der Waals surface area (Å²) < 4.78 is 0. The average Bonchev–Trinajstić information content (AvgIpc) is 3.58. The third kappa shape index (κ3) is 71.8. The molecule has 0 N–H and O–H groups in total. The quantitative estimate of drug-likeness (QED) is 0.0445. The molecule has 0 aromatic rings. The first-order valence-corrected chi connectivity index (χ1v) is 40.2. The smallest absolute Gasteiger partial charge is 0.548 e. The van der Waals surface area contributed by atoms with Gasteiger partial charge in [-0.1, -0.05) is 427 Å². The SMILES string of the molecule is CCCCCCCCCCCCCCCCCCN(CCCCCCCCCCCCCCCCCC)C(CC)C(=O)[O-].CCCCCCCCCCCCCCCCCCN(CCCCCCCCCCCCCCCCCC)C(CC)C(=O)[O-].[Ca+2]. The number of rotatable bonds is 74. The predicted molar refractivity (Wildman–Crippen MR) is 385 cm³/mol. The Morgan fingerprint density at radius 1 is 0.207 bits per heavy atom. The van der Waals surface area contributed by atoms with Crippen LogP contribution < -0.4 is 10.2 Å². The normalized spacial score (nSPS) is 12.2. The van der Waals surface area contributed by atoms with Crippen molar-refractivity contribution in [1.29, 1.82) is 0 Å². The van der Waals surface area contributed by atoms with Gasteiger partial charge < -0.3 is 19.8 Å². The van der Waals surface area contributed by atoms with E-state index in [-0.39, 0.29) is 37.7 Å². The maximum atomic E-state index is 11.8. The first-order valence-electron chi connectivity index (χ1n) is 40.2. The number of aliphatic carboxylic acids is 2.